The van der Waals surface area contributed by atoms with Crippen LogP contribution in [0.3, 0.4) is 0 Å². The maximum atomic E-state index is 12.1. The summed E-state index contributed by atoms with van der Waals surface area (Å²) in [6.07, 6.45) is 6.12. The number of carbonyl (C=O) groups is 1. The van der Waals surface area contributed by atoms with E-state index in [1.165, 1.54) is 31.5 Å². The highest BCUT2D eigenvalue weighted by molar-refractivity contribution is 7.89. The predicted octanol–water partition coefficient (Wildman–Crippen LogP) is 1.08. The molecule has 0 unspecified atom stereocenters. The Balaban J connectivity index is 1.54. The number of anilines is 1. The fourth-order valence-corrected chi connectivity index (χ4v) is 3.40. The van der Waals surface area contributed by atoms with Crippen molar-refractivity contribution >= 4 is 28.0 Å². The first-order chi connectivity index (χ1) is 13.0. The number of nitrogens with zero attached hydrogens (tertiary/aromatic N) is 2. The van der Waals surface area contributed by atoms with Crippen LogP contribution in [0.25, 0.3) is 6.08 Å². The number of benzene rings is 1. The van der Waals surface area contributed by atoms with Crippen LogP contribution in [0.2, 0.25) is 0 Å². The first-order valence-corrected chi connectivity index (χ1v) is 9.68. The minimum Gasteiger partial charge on any atom is -0.481 e. The molecule has 1 heterocycles. The summed E-state index contributed by atoms with van der Waals surface area (Å²) in [4.78, 5) is 20.0. The quantitative estimate of drug-likeness (QED) is 0.456. The van der Waals surface area contributed by atoms with Gasteiger partial charge in [-0.2, -0.15) is 4.98 Å². The lowest BCUT2D eigenvalue weighted by Gasteiger charge is -2.06. The third-order valence-corrected chi connectivity index (χ3v) is 5.19. The number of rotatable bonds is 8. The summed E-state index contributed by atoms with van der Waals surface area (Å²) in [5.41, 5.74) is 5.68. The third-order valence-electron chi connectivity index (χ3n) is 3.65. The molecule has 1 aromatic carbocycles. The van der Waals surface area contributed by atoms with Crippen LogP contribution in [0, 0.1) is 0 Å². The van der Waals surface area contributed by atoms with Gasteiger partial charge in [-0.05, 0) is 36.6 Å². The number of hydrogen-bond donors (Lipinski definition) is 3. The highest BCUT2D eigenvalue weighted by Crippen LogP contribution is 2.22. The second-order valence-corrected chi connectivity index (χ2v) is 7.55. The predicted molar refractivity (Wildman–Crippen MR) is 99.2 cm³/mol. The summed E-state index contributed by atoms with van der Waals surface area (Å²) < 4.78 is 31.8. The molecule has 10 heteroatoms. The van der Waals surface area contributed by atoms with Gasteiger partial charge in [0.15, 0.2) is 0 Å². The van der Waals surface area contributed by atoms with Crippen molar-refractivity contribution in [3.8, 4) is 5.88 Å². The first kappa shape index (κ1) is 18.8. The van der Waals surface area contributed by atoms with Gasteiger partial charge in [0.25, 0.3) is 5.91 Å². The molecule has 3 N–H and O–H groups in total. The molecule has 2 aromatic rings. The van der Waals surface area contributed by atoms with E-state index in [1.807, 2.05) is 0 Å². The standard InChI is InChI=1S/C17H19N5O4S/c1-26-16-10-11-18-17(19-16)21-20-15(23)9-4-12-2-7-14(8-3-12)27(24,25)22-13-5-6-13/h2-4,7-11,13,22H,5-6H2,1H3,(H,20,23)(H,18,19,21). The van der Waals surface area contributed by atoms with Crippen LogP contribution >= 0.6 is 0 Å². The number of aromatic nitrogens is 2. The molecule has 3 rings (SSSR count). The van der Waals surface area contributed by atoms with Crippen molar-refractivity contribution in [3.63, 3.8) is 0 Å². The van der Waals surface area contributed by atoms with Crippen LogP contribution in [0.1, 0.15) is 18.4 Å². The Morgan fingerprint density at radius 3 is 2.63 bits per heavy atom. The van der Waals surface area contributed by atoms with Crippen LogP contribution in [-0.4, -0.2) is 37.4 Å². The minimum absolute atomic E-state index is 0.0549. The zero-order valence-corrected chi connectivity index (χ0v) is 15.4. The number of nitrogens with one attached hydrogen (secondary N) is 3. The molecule has 1 saturated carbocycles. The topological polar surface area (TPSA) is 122 Å². The van der Waals surface area contributed by atoms with Gasteiger partial charge in [0.1, 0.15) is 0 Å². The van der Waals surface area contributed by atoms with Crippen molar-refractivity contribution < 1.29 is 17.9 Å². The highest BCUT2D eigenvalue weighted by atomic mass is 32.2. The van der Waals surface area contributed by atoms with Gasteiger partial charge in [-0.15, -0.1) is 0 Å². The van der Waals surface area contributed by atoms with E-state index in [-0.39, 0.29) is 16.9 Å². The molecule has 0 spiro atoms. The molecule has 9 nitrogen and oxygen atoms in total. The number of hydrazine groups is 1. The maximum Gasteiger partial charge on any atom is 0.262 e. The van der Waals surface area contributed by atoms with Gasteiger partial charge in [-0.3, -0.25) is 15.6 Å². The van der Waals surface area contributed by atoms with E-state index in [0.717, 1.165) is 12.8 Å². The van der Waals surface area contributed by atoms with Crippen molar-refractivity contribution in [1.29, 1.82) is 0 Å². The zero-order valence-electron chi connectivity index (χ0n) is 14.5. The van der Waals surface area contributed by atoms with Crippen LogP contribution in [0.4, 0.5) is 5.95 Å². The summed E-state index contributed by atoms with van der Waals surface area (Å²) in [5.74, 6) is 0.130. The Labute approximate surface area is 156 Å². The van der Waals surface area contributed by atoms with E-state index < -0.39 is 15.9 Å². The van der Waals surface area contributed by atoms with Gasteiger partial charge in [0, 0.05) is 24.4 Å². The van der Waals surface area contributed by atoms with Gasteiger partial charge in [0.05, 0.1) is 12.0 Å². The molecule has 1 aliphatic carbocycles. The molecular weight excluding hydrogens is 370 g/mol. The molecule has 27 heavy (non-hydrogen) atoms. The number of ether oxygens (including phenoxy) is 1. The Morgan fingerprint density at radius 1 is 1.22 bits per heavy atom. The van der Waals surface area contributed by atoms with Crippen molar-refractivity contribution in [3.05, 3.63) is 48.2 Å². The lowest BCUT2D eigenvalue weighted by molar-refractivity contribution is -0.116. The average Bonchev–Trinajstić information content (AvgIpc) is 3.48. The summed E-state index contributed by atoms with van der Waals surface area (Å²) in [6.45, 7) is 0. The number of amides is 1. The average molecular weight is 389 g/mol. The normalized spacial score (nSPS) is 14.1. The monoisotopic (exact) mass is 389 g/mol. The van der Waals surface area contributed by atoms with E-state index in [9.17, 15) is 13.2 Å². The molecule has 0 aliphatic heterocycles. The smallest absolute Gasteiger partial charge is 0.262 e. The number of carbonyl (C=O) groups excluding carboxylic acids is 1. The van der Waals surface area contributed by atoms with Gasteiger partial charge in [0.2, 0.25) is 21.9 Å². The Kier molecular flexibility index (Phi) is 5.67. The Bertz CT molecular complexity index is 940. The van der Waals surface area contributed by atoms with E-state index in [1.54, 1.807) is 24.3 Å². The molecule has 1 fully saturated rings. The van der Waals surface area contributed by atoms with Crippen LogP contribution in [0.5, 0.6) is 5.88 Å². The fourth-order valence-electron chi connectivity index (χ4n) is 2.09. The number of methoxy groups -OCH3 is 1. The molecule has 1 aliphatic rings. The van der Waals surface area contributed by atoms with Crippen LogP contribution < -0.4 is 20.3 Å². The van der Waals surface area contributed by atoms with Crippen molar-refractivity contribution in [2.75, 3.05) is 12.5 Å². The second-order valence-electron chi connectivity index (χ2n) is 5.83. The van der Waals surface area contributed by atoms with Crippen molar-refractivity contribution in [2.45, 2.75) is 23.8 Å². The molecular formula is C17H19N5O4S. The Morgan fingerprint density at radius 2 is 1.96 bits per heavy atom. The highest BCUT2D eigenvalue weighted by Gasteiger charge is 2.27. The van der Waals surface area contributed by atoms with Gasteiger partial charge >= 0.3 is 0 Å². The number of sulfonamides is 1. The first-order valence-electron chi connectivity index (χ1n) is 8.20. The molecule has 142 valence electrons. The van der Waals surface area contributed by atoms with E-state index in [4.69, 9.17) is 4.74 Å². The zero-order chi connectivity index (χ0) is 19.3. The SMILES string of the molecule is COc1ccnc(NNC(=O)C=Cc2ccc(S(=O)(=O)NC3CC3)cc2)n1. The van der Waals surface area contributed by atoms with Gasteiger partial charge in [-0.25, -0.2) is 18.1 Å². The second kappa shape index (κ2) is 8.14. The van der Waals surface area contributed by atoms with Crippen molar-refractivity contribution in [1.82, 2.24) is 20.1 Å². The van der Waals surface area contributed by atoms with Crippen LogP contribution in [0.15, 0.2) is 47.5 Å². The third kappa shape index (κ3) is 5.50. The summed E-state index contributed by atoms with van der Waals surface area (Å²) in [5, 5.41) is 0. The van der Waals surface area contributed by atoms with Crippen LogP contribution in [-0.2, 0) is 14.8 Å². The van der Waals surface area contributed by atoms with E-state index in [2.05, 4.69) is 25.5 Å². The fraction of sp³-hybridized carbons (Fsp3) is 0.235. The largest absolute Gasteiger partial charge is 0.481 e. The lowest BCUT2D eigenvalue weighted by atomic mass is 10.2. The van der Waals surface area contributed by atoms with Gasteiger partial charge < -0.3 is 4.74 Å². The minimum atomic E-state index is -3.48. The van der Waals surface area contributed by atoms with Crippen molar-refractivity contribution in [2.24, 2.45) is 0 Å². The molecule has 0 atom stereocenters. The summed E-state index contributed by atoms with van der Waals surface area (Å²) >= 11 is 0. The molecule has 1 amide bonds. The maximum absolute atomic E-state index is 12.1. The molecule has 0 bridgehead atoms. The summed E-state index contributed by atoms with van der Waals surface area (Å²) in [7, 11) is -2.00. The lowest BCUT2D eigenvalue weighted by Crippen LogP contribution is -2.28. The van der Waals surface area contributed by atoms with E-state index >= 15 is 0 Å². The number of hydrogen-bond acceptors (Lipinski definition) is 7. The van der Waals surface area contributed by atoms with E-state index in [0.29, 0.717) is 11.4 Å². The summed E-state index contributed by atoms with van der Waals surface area (Å²) in [6, 6.07) is 7.90. The molecule has 0 radical (unpaired) electrons. The van der Waals surface area contributed by atoms with Gasteiger partial charge in [-0.1, -0.05) is 12.1 Å². The molecule has 0 saturated heterocycles. The Hall–Kier alpha value is -2.98. The molecule has 1 aromatic heterocycles.